The maximum atomic E-state index is 11.6. The second-order valence-electron chi connectivity index (χ2n) is 5.00. The summed E-state index contributed by atoms with van der Waals surface area (Å²) in [5, 5.41) is 4.17. The van der Waals surface area contributed by atoms with Crippen LogP contribution in [-0.4, -0.2) is 21.9 Å². The maximum Gasteiger partial charge on any atom is 0.343 e. The van der Waals surface area contributed by atoms with E-state index >= 15 is 0 Å². The Balaban J connectivity index is 1.88. The van der Waals surface area contributed by atoms with Crippen molar-refractivity contribution >= 4 is 0 Å². The van der Waals surface area contributed by atoms with E-state index in [1.54, 1.807) is 14.2 Å². The van der Waals surface area contributed by atoms with Crippen LogP contribution in [0.25, 0.3) is 11.4 Å². The minimum absolute atomic E-state index is 0.264. The highest BCUT2D eigenvalue weighted by atomic mass is 16.5. The van der Waals surface area contributed by atoms with Gasteiger partial charge in [-0.05, 0) is 18.2 Å². The summed E-state index contributed by atoms with van der Waals surface area (Å²) >= 11 is 0. The lowest BCUT2D eigenvalue weighted by Gasteiger charge is -2.12. The molecule has 1 N–H and O–H groups in total. The number of hydrogen-bond donors (Lipinski definition) is 1. The number of benzene rings is 2. The minimum atomic E-state index is -0.264. The van der Waals surface area contributed by atoms with Crippen LogP contribution in [0, 0.1) is 0 Å². The second kappa shape index (κ2) is 6.39. The molecule has 0 aliphatic rings. The first-order valence-corrected chi connectivity index (χ1v) is 7.16. The molecule has 0 spiro atoms. The zero-order valence-corrected chi connectivity index (χ0v) is 12.9. The third kappa shape index (κ3) is 3.11. The first-order chi connectivity index (χ1) is 11.2. The Kier molecular flexibility index (Phi) is 4.14. The van der Waals surface area contributed by atoms with Crippen molar-refractivity contribution in [3.63, 3.8) is 0 Å². The van der Waals surface area contributed by atoms with Crippen molar-refractivity contribution in [3.05, 3.63) is 64.6 Å². The number of H-pyrrole nitrogens is 1. The predicted molar refractivity (Wildman–Crippen MR) is 86.6 cm³/mol. The smallest absolute Gasteiger partial charge is 0.343 e. The molecule has 3 rings (SSSR count). The Bertz CT molecular complexity index is 867. The molecular formula is C17H17N3O3. The molecule has 0 fully saturated rings. The van der Waals surface area contributed by atoms with Crippen molar-refractivity contribution in [1.29, 1.82) is 0 Å². The average molecular weight is 311 g/mol. The topological polar surface area (TPSA) is 69.1 Å². The average Bonchev–Trinajstić information content (AvgIpc) is 2.92. The van der Waals surface area contributed by atoms with Gasteiger partial charge in [0.25, 0.3) is 0 Å². The Morgan fingerprint density at radius 2 is 1.78 bits per heavy atom. The molecule has 1 heterocycles. The van der Waals surface area contributed by atoms with Crippen molar-refractivity contribution < 1.29 is 9.47 Å². The number of aromatic amines is 1. The number of nitrogens with one attached hydrogen (secondary N) is 1. The third-order valence-corrected chi connectivity index (χ3v) is 3.49. The molecule has 0 amide bonds. The predicted octanol–water partition coefficient (Wildman–Crippen LogP) is 2.36. The highest BCUT2D eigenvalue weighted by Gasteiger charge is 2.11. The van der Waals surface area contributed by atoms with Crippen molar-refractivity contribution in [2.24, 2.45) is 7.05 Å². The minimum Gasteiger partial charge on any atom is -0.496 e. The van der Waals surface area contributed by atoms with Gasteiger partial charge >= 0.3 is 5.69 Å². The van der Waals surface area contributed by atoms with Gasteiger partial charge in [0.05, 0.1) is 12.7 Å². The molecule has 0 bridgehead atoms. The van der Waals surface area contributed by atoms with Gasteiger partial charge in [0, 0.05) is 12.6 Å². The molecule has 0 saturated heterocycles. The summed E-state index contributed by atoms with van der Waals surface area (Å²) in [5.41, 5.74) is 1.42. The first kappa shape index (κ1) is 14.9. The molecule has 118 valence electrons. The summed E-state index contributed by atoms with van der Waals surface area (Å²) < 4.78 is 12.5. The quantitative estimate of drug-likeness (QED) is 0.785. The van der Waals surface area contributed by atoms with E-state index in [1.807, 2.05) is 48.5 Å². The molecule has 0 saturated carbocycles. The molecule has 0 aliphatic heterocycles. The van der Waals surface area contributed by atoms with Gasteiger partial charge < -0.3 is 9.47 Å². The highest BCUT2D eigenvalue weighted by molar-refractivity contribution is 5.63. The van der Waals surface area contributed by atoms with Gasteiger partial charge in [0.1, 0.15) is 18.1 Å². The Morgan fingerprint density at radius 1 is 1.09 bits per heavy atom. The molecule has 0 atom stereocenters. The van der Waals surface area contributed by atoms with Crippen LogP contribution in [0.3, 0.4) is 0 Å². The molecule has 6 nitrogen and oxygen atoms in total. The lowest BCUT2D eigenvalue weighted by atomic mass is 10.2. The van der Waals surface area contributed by atoms with Gasteiger partial charge in [-0.1, -0.05) is 30.3 Å². The van der Waals surface area contributed by atoms with E-state index in [2.05, 4.69) is 10.1 Å². The van der Waals surface area contributed by atoms with Gasteiger partial charge in [0.15, 0.2) is 5.82 Å². The van der Waals surface area contributed by atoms with E-state index in [0.717, 1.165) is 16.9 Å². The second-order valence-corrected chi connectivity index (χ2v) is 5.00. The number of hydrogen-bond acceptors (Lipinski definition) is 4. The van der Waals surface area contributed by atoms with E-state index < -0.39 is 0 Å². The van der Waals surface area contributed by atoms with E-state index in [9.17, 15) is 4.79 Å². The molecule has 0 radical (unpaired) electrons. The summed E-state index contributed by atoms with van der Waals surface area (Å²) in [7, 11) is 3.23. The maximum absolute atomic E-state index is 11.6. The number of aryl methyl sites for hydroxylation is 1. The van der Waals surface area contributed by atoms with Gasteiger partial charge in [0.2, 0.25) is 0 Å². The summed E-state index contributed by atoms with van der Waals surface area (Å²) in [6, 6.07) is 15.1. The molecule has 3 aromatic rings. The van der Waals surface area contributed by atoms with Crippen LogP contribution in [-0.2, 0) is 13.7 Å². The van der Waals surface area contributed by atoms with Gasteiger partial charge in [-0.25, -0.2) is 9.48 Å². The fraction of sp³-hybridized carbons (Fsp3) is 0.176. The number of ether oxygens (including phenoxy) is 2. The third-order valence-electron chi connectivity index (χ3n) is 3.49. The van der Waals surface area contributed by atoms with Crippen LogP contribution in [0.2, 0.25) is 0 Å². The summed E-state index contributed by atoms with van der Waals surface area (Å²) in [4.78, 5) is 14.3. The number of methoxy groups -OCH3 is 1. The Hall–Kier alpha value is -3.02. The monoisotopic (exact) mass is 311 g/mol. The van der Waals surface area contributed by atoms with Crippen molar-refractivity contribution in [2.45, 2.75) is 6.61 Å². The number of para-hydroxylation sites is 2. The molecule has 2 aromatic carbocycles. The molecule has 0 aliphatic carbocycles. The Labute approximate surface area is 133 Å². The van der Waals surface area contributed by atoms with E-state index in [1.165, 1.54) is 4.68 Å². The first-order valence-electron chi connectivity index (χ1n) is 7.16. The van der Waals surface area contributed by atoms with Crippen LogP contribution >= 0.6 is 0 Å². The van der Waals surface area contributed by atoms with E-state index in [-0.39, 0.29) is 5.69 Å². The van der Waals surface area contributed by atoms with Gasteiger partial charge in [-0.15, -0.1) is 5.10 Å². The van der Waals surface area contributed by atoms with E-state index in [4.69, 9.17) is 9.47 Å². The number of nitrogens with zero attached hydrogens (tertiary/aromatic N) is 2. The SMILES string of the molecule is COc1ccccc1COc1ccccc1-c1nn(C)c(=O)[nH]1. The fourth-order valence-corrected chi connectivity index (χ4v) is 2.29. The van der Waals surface area contributed by atoms with Gasteiger partial charge in [-0.2, -0.15) is 0 Å². The summed E-state index contributed by atoms with van der Waals surface area (Å²) in [6.07, 6.45) is 0. The zero-order chi connectivity index (χ0) is 16.2. The molecule has 6 heteroatoms. The molecule has 23 heavy (non-hydrogen) atoms. The zero-order valence-electron chi connectivity index (χ0n) is 12.9. The van der Waals surface area contributed by atoms with Crippen LogP contribution < -0.4 is 15.2 Å². The van der Waals surface area contributed by atoms with Crippen molar-refractivity contribution in [1.82, 2.24) is 14.8 Å². The standard InChI is InChI=1S/C17H17N3O3/c1-20-17(21)18-16(19-20)13-8-4-6-10-15(13)23-11-12-7-3-5-9-14(12)22-2/h3-10H,11H2,1-2H3,(H,18,19,21). The largest absolute Gasteiger partial charge is 0.496 e. The number of aromatic nitrogens is 3. The highest BCUT2D eigenvalue weighted by Crippen LogP contribution is 2.28. The molecule has 0 unspecified atom stereocenters. The van der Waals surface area contributed by atoms with Gasteiger partial charge in [-0.3, -0.25) is 4.98 Å². The number of rotatable bonds is 5. The Morgan fingerprint density at radius 3 is 2.48 bits per heavy atom. The fourth-order valence-electron chi connectivity index (χ4n) is 2.29. The van der Waals surface area contributed by atoms with Crippen LogP contribution in [0.1, 0.15) is 5.56 Å². The van der Waals surface area contributed by atoms with E-state index in [0.29, 0.717) is 18.2 Å². The molecule has 1 aromatic heterocycles. The normalized spacial score (nSPS) is 10.5. The van der Waals surface area contributed by atoms with Crippen molar-refractivity contribution in [2.75, 3.05) is 7.11 Å². The summed E-state index contributed by atoms with van der Waals surface area (Å²) in [6.45, 7) is 0.359. The van der Waals surface area contributed by atoms with Crippen molar-refractivity contribution in [3.8, 4) is 22.9 Å². The van der Waals surface area contributed by atoms with Crippen LogP contribution in [0.4, 0.5) is 0 Å². The lowest BCUT2D eigenvalue weighted by Crippen LogP contribution is -2.13. The lowest BCUT2D eigenvalue weighted by molar-refractivity contribution is 0.297. The summed E-state index contributed by atoms with van der Waals surface area (Å²) in [5.74, 6) is 1.90. The van der Waals surface area contributed by atoms with Crippen LogP contribution in [0.15, 0.2) is 53.3 Å². The molecular weight excluding hydrogens is 294 g/mol. The van der Waals surface area contributed by atoms with Crippen LogP contribution in [0.5, 0.6) is 11.5 Å².